The lowest BCUT2D eigenvalue weighted by Gasteiger charge is -2.23. The largest absolute Gasteiger partial charge is 0.122 e. The van der Waals surface area contributed by atoms with Crippen LogP contribution in [0.2, 0.25) is 6.04 Å². The summed E-state index contributed by atoms with van der Waals surface area (Å²) < 4.78 is 0. The predicted molar refractivity (Wildman–Crippen MR) is 107 cm³/mol. The van der Waals surface area contributed by atoms with Crippen LogP contribution < -0.4 is 10.4 Å². The molecular weight excluding hydrogens is 304 g/mol. The molecule has 0 unspecified atom stereocenters. The van der Waals surface area contributed by atoms with Crippen LogP contribution in [0.4, 0.5) is 0 Å². The van der Waals surface area contributed by atoms with Gasteiger partial charge in [-0.3, -0.25) is 0 Å². The van der Waals surface area contributed by atoms with Gasteiger partial charge in [-0.2, -0.15) is 0 Å². The summed E-state index contributed by atoms with van der Waals surface area (Å²) in [6, 6.07) is 34.6. The fourth-order valence-electron chi connectivity index (χ4n) is 3.39. The second-order valence-corrected chi connectivity index (χ2v) is 8.83. The molecule has 24 heavy (non-hydrogen) atoms. The average molecular weight is 330 g/mol. The van der Waals surface area contributed by atoms with Crippen molar-refractivity contribution in [1.29, 1.82) is 0 Å². The Bertz CT molecular complexity index is 667. The molecule has 0 saturated carbocycles. The highest BCUT2D eigenvalue weighted by Crippen LogP contribution is 2.26. The Labute approximate surface area is 147 Å². The lowest BCUT2D eigenvalue weighted by Crippen LogP contribution is -2.43. The van der Waals surface area contributed by atoms with Gasteiger partial charge in [-0.15, -0.1) is 0 Å². The summed E-state index contributed by atoms with van der Waals surface area (Å²) in [7, 11) is -0.768. The highest BCUT2D eigenvalue weighted by Gasteiger charge is 2.22. The Morgan fingerprint density at radius 2 is 1.12 bits per heavy atom. The molecule has 0 spiro atoms. The van der Waals surface area contributed by atoms with E-state index in [0.717, 1.165) is 0 Å². The molecule has 1 radical (unpaired) electrons. The third kappa shape index (κ3) is 4.24. The number of hydrogen-bond acceptors (Lipinski definition) is 0. The maximum Gasteiger partial charge on any atom is 0.122 e. The van der Waals surface area contributed by atoms with Gasteiger partial charge in [0.05, 0.1) is 0 Å². The van der Waals surface area contributed by atoms with Crippen molar-refractivity contribution in [2.45, 2.75) is 31.7 Å². The zero-order chi connectivity index (χ0) is 16.6. The summed E-state index contributed by atoms with van der Waals surface area (Å²) in [5, 5.41) is 3.04. The third-order valence-electron chi connectivity index (χ3n) is 4.60. The first-order chi connectivity index (χ1) is 11.9. The molecule has 0 aliphatic heterocycles. The van der Waals surface area contributed by atoms with Gasteiger partial charge in [-0.1, -0.05) is 115 Å². The van der Waals surface area contributed by atoms with Crippen molar-refractivity contribution in [3.63, 3.8) is 0 Å². The average Bonchev–Trinajstić information content (AvgIpc) is 2.67. The summed E-state index contributed by atoms with van der Waals surface area (Å²) >= 11 is 0. The van der Waals surface area contributed by atoms with Gasteiger partial charge in [0.2, 0.25) is 0 Å². The minimum atomic E-state index is -0.768. The van der Waals surface area contributed by atoms with Gasteiger partial charge in [0.25, 0.3) is 0 Å². The Morgan fingerprint density at radius 3 is 1.58 bits per heavy atom. The monoisotopic (exact) mass is 329 g/mol. The molecular formula is C23H25Si. The first-order valence-corrected chi connectivity index (χ1v) is 10.6. The zero-order valence-corrected chi connectivity index (χ0v) is 15.4. The zero-order valence-electron chi connectivity index (χ0n) is 14.4. The van der Waals surface area contributed by atoms with E-state index in [0.29, 0.717) is 5.92 Å². The molecule has 0 saturated heterocycles. The summed E-state index contributed by atoms with van der Waals surface area (Å²) in [5.74, 6) is 0.644. The lowest BCUT2D eigenvalue weighted by atomic mass is 9.96. The number of rotatable bonds is 7. The van der Waals surface area contributed by atoms with Crippen molar-refractivity contribution in [1.82, 2.24) is 0 Å². The maximum absolute atomic E-state index is 2.31. The number of hydrogen-bond donors (Lipinski definition) is 0. The molecule has 0 heterocycles. The molecule has 0 aliphatic rings. The van der Waals surface area contributed by atoms with Crippen LogP contribution in [-0.4, -0.2) is 8.80 Å². The first kappa shape index (κ1) is 16.7. The molecule has 1 heteroatoms. The molecule has 3 rings (SSSR count). The van der Waals surface area contributed by atoms with Crippen LogP contribution in [0.3, 0.4) is 0 Å². The summed E-state index contributed by atoms with van der Waals surface area (Å²) in [6.45, 7) is 2.30. The second-order valence-electron chi connectivity index (χ2n) is 6.31. The van der Waals surface area contributed by atoms with E-state index >= 15 is 0 Å². The van der Waals surface area contributed by atoms with E-state index in [9.17, 15) is 0 Å². The molecule has 0 aromatic heterocycles. The summed E-state index contributed by atoms with van der Waals surface area (Å²) in [5.41, 5.74) is 1.49. The number of benzene rings is 3. The second kappa shape index (κ2) is 8.65. The van der Waals surface area contributed by atoms with Gasteiger partial charge in [-0.05, 0) is 23.9 Å². The maximum atomic E-state index is 2.31. The minimum absolute atomic E-state index is 0.644. The van der Waals surface area contributed by atoms with Crippen molar-refractivity contribution < 1.29 is 0 Å². The Morgan fingerprint density at radius 1 is 0.667 bits per heavy atom. The fourth-order valence-corrected chi connectivity index (χ4v) is 6.31. The quantitative estimate of drug-likeness (QED) is 0.542. The van der Waals surface area contributed by atoms with Crippen LogP contribution in [-0.2, 0) is 0 Å². The van der Waals surface area contributed by atoms with Crippen LogP contribution in [0.15, 0.2) is 91.0 Å². The highest BCUT2D eigenvalue weighted by atomic mass is 28.3. The van der Waals surface area contributed by atoms with E-state index < -0.39 is 8.80 Å². The molecule has 0 bridgehead atoms. The van der Waals surface area contributed by atoms with E-state index in [1.807, 2.05) is 0 Å². The Kier molecular flexibility index (Phi) is 6.03. The summed E-state index contributed by atoms with van der Waals surface area (Å²) in [4.78, 5) is 0. The van der Waals surface area contributed by atoms with Crippen LogP contribution in [0.25, 0.3) is 0 Å². The molecule has 0 N–H and O–H groups in total. The van der Waals surface area contributed by atoms with Crippen LogP contribution in [0.5, 0.6) is 0 Å². The van der Waals surface area contributed by atoms with Gasteiger partial charge < -0.3 is 0 Å². The Hall–Kier alpha value is -2.12. The van der Waals surface area contributed by atoms with Crippen LogP contribution >= 0.6 is 0 Å². The van der Waals surface area contributed by atoms with Gasteiger partial charge in [0.1, 0.15) is 8.80 Å². The third-order valence-corrected chi connectivity index (χ3v) is 7.56. The molecule has 0 fully saturated rings. The van der Waals surface area contributed by atoms with E-state index in [1.165, 1.54) is 34.8 Å². The highest BCUT2D eigenvalue weighted by molar-refractivity contribution is 6.85. The van der Waals surface area contributed by atoms with E-state index in [4.69, 9.17) is 0 Å². The normalized spacial score (nSPS) is 12.2. The van der Waals surface area contributed by atoms with Crippen molar-refractivity contribution in [3.05, 3.63) is 96.6 Å². The van der Waals surface area contributed by atoms with Crippen LogP contribution in [0.1, 0.15) is 31.2 Å². The van der Waals surface area contributed by atoms with Crippen molar-refractivity contribution in [2.75, 3.05) is 0 Å². The van der Waals surface area contributed by atoms with E-state index in [-0.39, 0.29) is 0 Å². The molecule has 0 amide bonds. The van der Waals surface area contributed by atoms with Crippen molar-refractivity contribution in [2.24, 2.45) is 0 Å². The Balaban J connectivity index is 1.93. The minimum Gasteiger partial charge on any atom is -0.0654 e. The molecule has 0 nitrogen and oxygen atoms in total. The van der Waals surface area contributed by atoms with Gasteiger partial charge in [-0.25, -0.2) is 0 Å². The topological polar surface area (TPSA) is 0 Å². The standard InChI is InChI=1S/C23H25Si/c1-2-12-21(20-13-6-3-7-14-20)19-24(22-15-8-4-9-16-22)23-17-10-5-11-18-23/h3-11,13-18,21H,2,12,19H2,1H3/t21-/m1/s1. The van der Waals surface area contributed by atoms with Crippen molar-refractivity contribution >= 4 is 19.2 Å². The molecule has 121 valence electrons. The lowest BCUT2D eigenvalue weighted by molar-refractivity contribution is 0.661. The van der Waals surface area contributed by atoms with Crippen LogP contribution in [0, 0.1) is 0 Å². The molecule has 3 aromatic rings. The van der Waals surface area contributed by atoms with Gasteiger partial charge >= 0.3 is 0 Å². The van der Waals surface area contributed by atoms with Gasteiger partial charge in [0, 0.05) is 0 Å². The predicted octanol–water partition coefficient (Wildman–Crippen LogP) is 4.88. The molecule has 3 aromatic carbocycles. The van der Waals surface area contributed by atoms with Crippen molar-refractivity contribution in [3.8, 4) is 0 Å². The first-order valence-electron chi connectivity index (χ1n) is 8.90. The molecule has 0 aliphatic carbocycles. The van der Waals surface area contributed by atoms with E-state index in [1.54, 1.807) is 0 Å². The summed E-state index contributed by atoms with van der Waals surface area (Å²) in [6.07, 6.45) is 2.50. The smallest absolute Gasteiger partial charge is 0.0654 e. The SMILES string of the molecule is CCC[C@H](C[Si](c1ccccc1)c1ccccc1)c1ccccc1. The van der Waals surface area contributed by atoms with E-state index in [2.05, 4.69) is 97.9 Å². The fraction of sp³-hybridized carbons (Fsp3) is 0.217. The molecule has 1 atom stereocenters. The van der Waals surface area contributed by atoms with Gasteiger partial charge in [0.15, 0.2) is 0 Å².